The Bertz CT molecular complexity index is 379. The fraction of sp³-hybridized carbons (Fsp3) is 0.533. The highest BCUT2D eigenvalue weighted by Crippen LogP contribution is 2.18. The molecule has 0 aliphatic carbocycles. The third-order valence-corrected chi connectivity index (χ3v) is 4.45. The zero-order valence-electron chi connectivity index (χ0n) is 11.8. The van der Waals surface area contributed by atoms with Crippen LogP contribution < -0.4 is 5.32 Å². The smallest absolute Gasteiger partial charge is 0.220 e. The molecule has 0 bridgehead atoms. The molecule has 1 amide bonds. The molecule has 19 heavy (non-hydrogen) atoms. The highest BCUT2D eigenvalue weighted by atomic mass is 32.2. The quantitative estimate of drug-likeness (QED) is 0.807. The van der Waals surface area contributed by atoms with Crippen molar-refractivity contribution < 1.29 is 9.90 Å². The van der Waals surface area contributed by atoms with Crippen LogP contribution in [0.2, 0.25) is 0 Å². The Morgan fingerprint density at radius 2 is 1.95 bits per heavy atom. The molecule has 0 radical (unpaired) electrons. The number of thioether (sulfide) groups is 1. The maximum absolute atomic E-state index is 12.0. The number of carbonyl (C=O) groups excluding carboxylic acids is 1. The van der Waals surface area contributed by atoms with Gasteiger partial charge in [-0.05, 0) is 24.7 Å². The van der Waals surface area contributed by atoms with Crippen LogP contribution in [0.4, 0.5) is 0 Å². The molecule has 0 saturated carbocycles. The number of rotatable bonds is 7. The van der Waals surface area contributed by atoms with Gasteiger partial charge in [0.2, 0.25) is 5.91 Å². The molecule has 0 saturated heterocycles. The normalized spacial score (nSPS) is 15.6. The second-order valence-corrected chi connectivity index (χ2v) is 5.91. The van der Waals surface area contributed by atoms with Gasteiger partial charge in [-0.1, -0.05) is 37.3 Å². The van der Waals surface area contributed by atoms with E-state index in [2.05, 4.69) is 12.2 Å². The summed E-state index contributed by atoms with van der Waals surface area (Å²) in [6.45, 7) is 4.07. The third kappa shape index (κ3) is 5.25. The van der Waals surface area contributed by atoms with Crippen molar-refractivity contribution in [2.75, 3.05) is 12.9 Å². The molecule has 2 N–H and O–H groups in total. The van der Waals surface area contributed by atoms with E-state index in [0.717, 1.165) is 0 Å². The fourth-order valence-electron chi connectivity index (χ4n) is 2.02. The molecule has 4 heteroatoms. The highest BCUT2D eigenvalue weighted by Gasteiger charge is 2.18. The predicted octanol–water partition coefficient (Wildman–Crippen LogP) is 2.41. The Labute approximate surface area is 119 Å². The van der Waals surface area contributed by atoms with Gasteiger partial charge in [0, 0.05) is 17.7 Å². The van der Waals surface area contributed by atoms with Gasteiger partial charge in [-0.3, -0.25) is 4.79 Å². The maximum atomic E-state index is 12.0. The monoisotopic (exact) mass is 281 g/mol. The number of aliphatic hydroxyl groups excluding tert-OH is 1. The largest absolute Gasteiger partial charge is 0.395 e. The highest BCUT2D eigenvalue weighted by molar-refractivity contribution is 7.99. The average molecular weight is 281 g/mol. The second kappa shape index (κ2) is 8.23. The van der Waals surface area contributed by atoms with Crippen LogP contribution in [0.3, 0.4) is 0 Å². The summed E-state index contributed by atoms with van der Waals surface area (Å²) in [6.07, 6.45) is 2.41. The summed E-state index contributed by atoms with van der Waals surface area (Å²) in [4.78, 5) is 12.0. The Morgan fingerprint density at radius 3 is 2.47 bits per heavy atom. The Balaban J connectivity index is 2.47. The van der Waals surface area contributed by atoms with E-state index in [1.165, 1.54) is 5.56 Å². The van der Waals surface area contributed by atoms with Crippen LogP contribution in [0.1, 0.15) is 31.7 Å². The van der Waals surface area contributed by atoms with Gasteiger partial charge < -0.3 is 10.4 Å². The first-order chi connectivity index (χ1) is 9.08. The van der Waals surface area contributed by atoms with E-state index in [9.17, 15) is 9.90 Å². The number of aliphatic hydroxyl groups is 1. The summed E-state index contributed by atoms with van der Waals surface area (Å²) >= 11 is 1.57. The molecule has 0 fully saturated rings. The zero-order chi connectivity index (χ0) is 14.3. The maximum Gasteiger partial charge on any atom is 0.220 e. The molecule has 3 nitrogen and oxygen atoms in total. The van der Waals surface area contributed by atoms with Crippen molar-refractivity contribution in [2.45, 2.75) is 37.5 Å². The first-order valence-electron chi connectivity index (χ1n) is 6.56. The van der Waals surface area contributed by atoms with Crippen molar-refractivity contribution in [1.82, 2.24) is 5.32 Å². The van der Waals surface area contributed by atoms with Crippen molar-refractivity contribution in [2.24, 2.45) is 0 Å². The number of amides is 1. The first kappa shape index (κ1) is 16.1. The number of hydrogen-bond acceptors (Lipinski definition) is 3. The zero-order valence-corrected chi connectivity index (χ0v) is 12.6. The third-order valence-electron chi connectivity index (χ3n) is 3.29. The molecular weight excluding hydrogens is 258 g/mol. The van der Waals surface area contributed by atoms with Crippen molar-refractivity contribution in [3.63, 3.8) is 0 Å². The summed E-state index contributed by atoms with van der Waals surface area (Å²) in [7, 11) is 0. The van der Waals surface area contributed by atoms with Gasteiger partial charge in [0.25, 0.3) is 0 Å². The van der Waals surface area contributed by atoms with Crippen molar-refractivity contribution in [3.05, 3.63) is 35.9 Å². The van der Waals surface area contributed by atoms with Crippen molar-refractivity contribution in [3.8, 4) is 0 Å². The lowest BCUT2D eigenvalue weighted by atomic mass is 9.97. The summed E-state index contributed by atoms with van der Waals surface area (Å²) in [5, 5.41) is 12.2. The molecule has 1 aromatic carbocycles. The number of benzene rings is 1. The summed E-state index contributed by atoms with van der Waals surface area (Å²) in [5.41, 5.74) is 1.17. The topological polar surface area (TPSA) is 49.3 Å². The lowest BCUT2D eigenvalue weighted by Gasteiger charge is -2.22. The van der Waals surface area contributed by atoms with Crippen molar-refractivity contribution in [1.29, 1.82) is 0 Å². The van der Waals surface area contributed by atoms with Crippen LogP contribution in [0.5, 0.6) is 0 Å². The van der Waals surface area contributed by atoms with Gasteiger partial charge in [-0.15, -0.1) is 0 Å². The summed E-state index contributed by atoms with van der Waals surface area (Å²) in [5.74, 6) is 0.242. The van der Waals surface area contributed by atoms with Crippen LogP contribution in [-0.4, -0.2) is 35.2 Å². The van der Waals surface area contributed by atoms with E-state index in [0.29, 0.717) is 6.42 Å². The number of carbonyl (C=O) groups is 1. The lowest BCUT2D eigenvalue weighted by molar-refractivity contribution is -0.122. The standard InChI is InChI=1S/C15H23NO2S/c1-11(13-7-5-4-6-8-13)9-15(18)16-12(2)14(10-17)19-3/h4-8,11-12,14,17H,9-10H2,1-3H3,(H,16,18). The number of nitrogens with one attached hydrogen (secondary N) is 1. The van der Waals surface area contributed by atoms with Gasteiger partial charge >= 0.3 is 0 Å². The van der Waals surface area contributed by atoms with Crippen LogP contribution >= 0.6 is 11.8 Å². The van der Waals surface area contributed by atoms with Gasteiger partial charge in [0.05, 0.1) is 6.61 Å². The van der Waals surface area contributed by atoms with E-state index in [1.807, 2.05) is 43.5 Å². The Hall–Kier alpha value is -1.00. The van der Waals surface area contributed by atoms with Gasteiger partial charge in [-0.2, -0.15) is 11.8 Å². The van der Waals surface area contributed by atoms with E-state index in [1.54, 1.807) is 11.8 Å². The molecule has 0 heterocycles. The van der Waals surface area contributed by atoms with Crippen LogP contribution in [0.15, 0.2) is 30.3 Å². The van der Waals surface area contributed by atoms with Crippen LogP contribution in [-0.2, 0) is 4.79 Å². The minimum atomic E-state index is -0.0181. The van der Waals surface area contributed by atoms with E-state index < -0.39 is 0 Å². The number of hydrogen-bond donors (Lipinski definition) is 2. The molecule has 0 aliphatic rings. The van der Waals surface area contributed by atoms with E-state index in [4.69, 9.17) is 0 Å². The molecular formula is C15H23NO2S. The van der Waals surface area contributed by atoms with Crippen molar-refractivity contribution >= 4 is 17.7 Å². The minimum Gasteiger partial charge on any atom is -0.395 e. The molecule has 0 aliphatic heterocycles. The molecule has 0 spiro atoms. The van der Waals surface area contributed by atoms with E-state index >= 15 is 0 Å². The molecule has 3 unspecified atom stereocenters. The molecule has 3 atom stereocenters. The van der Waals surface area contributed by atoms with E-state index in [-0.39, 0.29) is 29.7 Å². The van der Waals surface area contributed by atoms with Gasteiger partial charge in [0.1, 0.15) is 0 Å². The van der Waals surface area contributed by atoms with Crippen LogP contribution in [0, 0.1) is 0 Å². The Kier molecular flexibility index (Phi) is 6.95. The molecule has 1 aromatic rings. The van der Waals surface area contributed by atoms with Gasteiger partial charge in [0.15, 0.2) is 0 Å². The predicted molar refractivity (Wildman–Crippen MR) is 81.5 cm³/mol. The second-order valence-electron chi connectivity index (χ2n) is 4.83. The fourth-order valence-corrected chi connectivity index (χ4v) is 2.65. The molecule has 0 aromatic heterocycles. The molecule has 106 valence electrons. The summed E-state index contributed by atoms with van der Waals surface area (Å²) < 4.78 is 0. The lowest BCUT2D eigenvalue weighted by Crippen LogP contribution is -2.41. The Morgan fingerprint density at radius 1 is 1.32 bits per heavy atom. The SMILES string of the molecule is CSC(CO)C(C)NC(=O)CC(C)c1ccccc1. The minimum absolute atomic E-state index is 0.0181. The average Bonchev–Trinajstić information content (AvgIpc) is 2.40. The van der Waals surface area contributed by atoms with Crippen LogP contribution in [0.25, 0.3) is 0 Å². The molecule has 1 rings (SSSR count). The summed E-state index contributed by atoms with van der Waals surface area (Å²) in [6, 6.07) is 10.0. The first-order valence-corrected chi connectivity index (χ1v) is 7.85. The van der Waals surface area contributed by atoms with Gasteiger partial charge in [-0.25, -0.2) is 0 Å².